The predicted molar refractivity (Wildman–Crippen MR) is 99.7 cm³/mol. The molecule has 0 saturated heterocycles. The molecule has 0 aliphatic heterocycles. The summed E-state index contributed by atoms with van der Waals surface area (Å²) in [4.78, 5) is 44.7. The van der Waals surface area contributed by atoms with Crippen LogP contribution in [0.2, 0.25) is 10.0 Å². The molecular weight excluding hydrogens is 417 g/mol. The minimum atomic E-state index is -1.34. The Morgan fingerprint density at radius 2 is 1.75 bits per heavy atom. The Bertz CT molecular complexity index is 981. The Hall–Kier alpha value is -3.24. The van der Waals surface area contributed by atoms with Crippen molar-refractivity contribution in [2.75, 3.05) is 5.32 Å². The molecule has 2 aromatic carbocycles. The van der Waals surface area contributed by atoms with Gasteiger partial charge in [-0.2, -0.15) is 0 Å². The zero-order chi connectivity index (χ0) is 21.0. The van der Waals surface area contributed by atoms with E-state index in [4.69, 9.17) is 27.9 Å². The van der Waals surface area contributed by atoms with Gasteiger partial charge in [-0.1, -0.05) is 23.2 Å². The number of anilines is 1. The highest BCUT2D eigenvalue weighted by molar-refractivity contribution is 6.34. The number of rotatable bonds is 6. The fourth-order valence-corrected chi connectivity index (χ4v) is 2.45. The number of halogens is 2. The molecule has 0 spiro atoms. The summed E-state index contributed by atoms with van der Waals surface area (Å²) >= 11 is 11.6. The Labute approximate surface area is 167 Å². The third kappa shape index (κ3) is 4.93. The molecule has 1 N–H and O–H groups in total. The van der Waals surface area contributed by atoms with Crippen molar-refractivity contribution in [1.29, 1.82) is 0 Å². The summed E-state index contributed by atoms with van der Waals surface area (Å²) in [5, 5.41) is 24.1. The molecule has 0 aliphatic rings. The van der Waals surface area contributed by atoms with Gasteiger partial charge in [0.25, 0.3) is 17.3 Å². The SMILES string of the molecule is CC(OC(=O)c1ccc(Cl)cc1[N+](=O)[O-])C(=O)Nc1ccc([N+](=O)[O-])cc1Cl. The molecule has 10 nitrogen and oxygen atoms in total. The normalized spacial score (nSPS) is 11.4. The molecule has 0 bridgehead atoms. The highest BCUT2D eigenvalue weighted by atomic mass is 35.5. The van der Waals surface area contributed by atoms with Crippen LogP contribution in [0, 0.1) is 20.2 Å². The number of benzene rings is 2. The van der Waals surface area contributed by atoms with E-state index in [2.05, 4.69) is 5.32 Å². The number of hydrogen-bond donors (Lipinski definition) is 1. The van der Waals surface area contributed by atoms with E-state index < -0.39 is 33.5 Å². The van der Waals surface area contributed by atoms with Gasteiger partial charge in [0, 0.05) is 23.2 Å². The topological polar surface area (TPSA) is 142 Å². The van der Waals surface area contributed by atoms with Crippen LogP contribution in [0.4, 0.5) is 17.1 Å². The molecule has 146 valence electrons. The fourth-order valence-electron chi connectivity index (χ4n) is 2.06. The lowest BCUT2D eigenvalue weighted by Gasteiger charge is -2.14. The van der Waals surface area contributed by atoms with Crippen LogP contribution in [-0.4, -0.2) is 27.8 Å². The molecule has 0 saturated carbocycles. The molecule has 28 heavy (non-hydrogen) atoms. The van der Waals surface area contributed by atoms with Gasteiger partial charge >= 0.3 is 5.97 Å². The number of carbonyl (C=O) groups is 2. The lowest BCUT2D eigenvalue weighted by Crippen LogP contribution is -2.30. The smallest absolute Gasteiger partial charge is 0.345 e. The number of hydrogen-bond acceptors (Lipinski definition) is 7. The van der Waals surface area contributed by atoms with E-state index >= 15 is 0 Å². The first-order valence-corrected chi connectivity index (χ1v) is 8.25. The van der Waals surface area contributed by atoms with Crippen LogP contribution in [0.3, 0.4) is 0 Å². The van der Waals surface area contributed by atoms with Crippen molar-refractivity contribution >= 4 is 52.1 Å². The van der Waals surface area contributed by atoms with Crippen molar-refractivity contribution in [2.45, 2.75) is 13.0 Å². The van der Waals surface area contributed by atoms with Crippen molar-refractivity contribution in [3.05, 3.63) is 72.2 Å². The van der Waals surface area contributed by atoms with Gasteiger partial charge in [0.05, 0.1) is 20.6 Å². The Morgan fingerprint density at radius 1 is 1.07 bits per heavy atom. The van der Waals surface area contributed by atoms with E-state index in [0.717, 1.165) is 24.3 Å². The average molecular weight is 428 g/mol. The number of amides is 1. The zero-order valence-electron chi connectivity index (χ0n) is 14.0. The van der Waals surface area contributed by atoms with Gasteiger partial charge in [-0.05, 0) is 25.1 Å². The van der Waals surface area contributed by atoms with Crippen molar-refractivity contribution in [3.8, 4) is 0 Å². The predicted octanol–water partition coefficient (Wildman–Crippen LogP) is 3.99. The lowest BCUT2D eigenvalue weighted by atomic mass is 10.2. The van der Waals surface area contributed by atoms with E-state index in [1.165, 1.54) is 19.1 Å². The van der Waals surface area contributed by atoms with E-state index in [0.29, 0.717) is 0 Å². The van der Waals surface area contributed by atoms with Crippen LogP contribution < -0.4 is 5.32 Å². The van der Waals surface area contributed by atoms with Crippen LogP contribution >= 0.6 is 23.2 Å². The molecule has 0 heterocycles. The molecule has 1 amide bonds. The number of esters is 1. The maximum Gasteiger partial charge on any atom is 0.345 e. The standard InChI is InChI=1S/C16H11Cl2N3O7/c1-8(15(22)19-13-5-3-10(20(24)25)7-12(13)18)28-16(23)11-4-2-9(17)6-14(11)21(26)27/h2-8H,1H3,(H,19,22). The summed E-state index contributed by atoms with van der Waals surface area (Å²) < 4.78 is 4.95. The molecule has 0 fully saturated rings. The summed E-state index contributed by atoms with van der Waals surface area (Å²) in [5.74, 6) is -1.89. The Kier molecular flexibility index (Phi) is 6.49. The number of ether oxygens (including phenoxy) is 1. The Morgan fingerprint density at radius 3 is 2.32 bits per heavy atom. The third-order valence-corrected chi connectivity index (χ3v) is 4.00. The minimum Gasteiger partial charge on any atom is -0.449 e. The Balaban J connectivity index is 2.12. The van der Waals surface area contributed by atoms with E-state index in [-0.39, 0.29) is 27.0 Å². The van der Waals surface area contributed by atoms with Crippen LogP contribution in [-0.2, 0) is 9.53 Å². The van der Waals surface area contributed by atoms with E-state index in [1.807, 2.05) is 0 Å². The van der Waals surface area contributed by atoms with Gasteiger partial charge in [0.2, 0.25) is 0 Å². The zero-order valence-corrected chi connectivity index (χ0v) is 15.6. The van der Waals surface area contributed by atoms with Crippen molar-refractivity contribution in [2.24, 2.45) is 0 Å². The van der Waals surface area contributed by atoms with Gasteiger partial charge < -0.3 is 10.1 Å². The van der Waals surface area contributed by atoms with Gasteiger partial charge in [0.1, 0.15) is 5.56 Å². The lowest BCUT2D eigenvalue weighted by molar-refractivity contribution is -0.385. The van der Waals surface area contributed by atoms with Gasteiger partial charge in [-0.3, -0.25) is 25.0 Å². The number of nitrogens with zero attached hydrogens (tertiary/aromatic N) is 2. The maximum absolute atomic E-state index is 12.2. The first kappa shape index (κ1) is 21.1. The molecule has 1 unspecified atom stereocenters. The molecule has 0 radical (unpaired) electrons. The first-order valence-electron chi connectivity index (χ1n) is 7.50. The highest BCUT2D eigenvalue weighted by Crippen LogP contribution is 2.27. The molecule has 2 aromatic rings. The molecule has 12 heteroatoms. The maximum atomic E-state index is 12.2. The molecular formula is C16H11Cl2N3O7. The summed E-state index contributed by atoms with van der Waals surface area (Å²) in [6.07, 6.45) is -1.34. The van der Waals surface area contributed by atoms with Gasteiger partial charge in [-0.15, -0.1) is 0 Å². The highest BCUT2D eigenvalue weighted by Gasteiger charge is 2.26. The third-order valence-electron chi connectivity index (χ3n) is 3.45. The summed E-state index contributed by atoms with van der Waals surface area (Å²) in [6, 6.07) is 6.77. The van der Waals surface area contributed by atoms with Crippen molar-refractivity contribution in [3.63, 3.8) is 0 Å². The van der Waals surface area contributed by atoms with Gasteiger partial charge in [-0.25, -0.2) is 4.79 Å². The monoisotopic (exact) mass is 427 g/mol. The fraction of sp³-hybridized carbons (Fsp3) is 0.125. The van der Waals surface area contributed by atoms with Crippen LogP contribution in [0.5, 0.6) is 0 Å². The van der Waals surface area contributed by atoms with Crippen LogP contribution in [0.1, 0.15) is 17.3 Å². The molecule has 2 rings (SSSR count). The van der Waals surface area contributed by atoms with Crippen LogP contribution in [0.25, 0.3) is 0 Å². The summed E-state index contributed by atoms with van der Waals surface area (Å²) in [5.41, 5.74) is -1.14. The second-order valence-electron chi connectivity index (χ2n) is 5.38. The summed E-state index contributed by atoms with van der Waals surface area (Å²) in [6.45, 7) is 1.24. The molecule has 0 aromatic heterocycles. The quantitative estimate of drug-likeness (QED) is 0.416. The second kappa shape index (κ2) is 8.63. The second-order valence-corrected chi connectivity index (χ2v) is 6.22. The number of carbonyl (C=O) groups excluding carboxylic acids is 2. The minimum absolute atomic E-state index is 0.0573. The molecule has 0 aliphatic carbocycles. The number of nitro groups is 2. The average Bonchev–Trinajstić information content (AvgIpc) is 2.62. The molecule has 1 atom stereocenters. The van der Waals surface area contributed by atoms with E-state index in [9.17, 15) is 29.8 Å². The summed E-state index contributed by atoms with van der Waals surface area (Å²) in [7, 11) is 0. The van der Waals surface area contributed by atoms with Gasteiger partial charge in [0.15, 0.2) is 6.10 Å². The first-order chi connectivity index (χ1) is 13.1. The number of non-ortho nitro benzene ring substituents is 1. The largest absolute Gasteiger partial charge is 0.449 e. The van der Waals surface area contributed by atoms with Crippen LogP contribution in [0.15, 0.2) is 36.4 Å². The van der Waals surface area contributed by atoms with Crippen molar-refractivity contribution < 1.29 is 24.2 Å². The number of nitrogens with one attached hydrogen (secondary N) is 1. The van der Waals surface area contributed by atoms with E-state index in [1.54, 1.807) is 0 Å². The van der Waals surface area contributed by atoms with Crippen molar-refractivity contribution in [1.82, 2.24) is 0 Å². The number of nitro benzene ring substituents is 2.